The van der Waals surface area contributed by atoms with Gasteiger partial charge in [-0.25, -0.2) is 4.79 Å². The van der Waals surface area contributed by atoms with Crippen LogP contribution in [0.4, 0.5) is 4.79 Å². The molecule has 0 aromatic rings. The molecule has 17 heavy (non-hydrogen) atoms. The summed E-state index contributed by atoms with van der Waals surface area (Å²) in [4.78, 5) is 14.1. The van der Waals surface area contributed by atoms with E-state index in [-0.39, 0.29) is 18.2 Å². The van der Waals surface area contributed by atoms with Crippen LogP contribution in [0.1, 0.15) is 39.0 Å². The maximum absolute atomic E-state index is 12.1. The number of amides is 2. The Morgan fingerprint density at radius 3 is 2.82 bits per heavy atom. The maximum Gasteiger partial charge on any atom is 0.317 e. The number of carbonyl (C=O) groups is 1. The van der Waals surface area contributed by atoms with E-state index in [0.717, 1.165) is 38.8 Å². The van der Waals surface area contributed by atoms with Gasteiger partial charge >= 0.3 is 6.03 Å². The number of nitrogens with one attached hydrogen (secondary N) is 1. The van der Waals surface area contributed by atoms with Gasteiger partial charge in [0.15, 0.2) is 0 Å². The fraction of sp³-hybridized carbons (Fsp3) is 0.923. The van der Waals surface area contributed by atoms with Crippen LogP contribution >= 0.6 is 0 Å². The van der Waals surface area contributed by atoms with Gasteiger partial charge < -0.3 is 15.0 Å². The molecule has 0 aromatic heterocycles. The average Bonchev–Trinajstić information content (AvgIpc) is 2.76. The number of hydrogen-bond acceptors (Lipinski definition) is 2. The summed E-state index contributed by atoms with van der Waals surface area (Å²) in [7, 11) is 1.73. The zero-order chi connectivity index (χ0) is 12.3. The third-order valence-corrected chi connectivity index (χ3v) is 4.01. The number of piperidine rings is 1. The molecule has 0 bridgehead atoms. The Kier molecular flexibility index (Phi) is 4.26. The summed E-state index contributed by atoms with van der Waals surface area (Å²) in [6.45, 7) is 4.02. The largest absolute Gasteiger partial charge is 0.379 e. The lowest BCUT2D eigenvalue weighted by molar-refractivity contribution is 0.0832. The van der Waals surface area contributed by atoms with Crippen molar-refractivity contribution in [1.29, 1.82) is 0 Å². The van der Waals surface area contributed by atoms with Crippen molar-refractivity contribution in [3.63, 3.8) is 0 Å². The highest BCUT2D eigenvalue weighted by Crippen LogP contribution is 2.22. The molecule has 1 heterocycles. The molecule has 4 nitrogen and oxygen atoms in total. The Bertz CT molecular complexity index is 270. The molecule has 1 aliphatic carbocycles. The van der Waals surface area contributed by atoms with Gasteiger partial charge in [0, 0.05) is 20.2 Å². The van der Waals surface area contributed by atoms with Crippen LogP contribution in [-0.4, -0.2) is 43.3 Å². The smallest absolute Gasteiger partial charge is 0.317 e. The summed E-state index contributed by atoms with van der Waals surface area (Å²) in [6, 6.07) is 0.315. The van der Waals surface area contributed by atoms with E-state index in [2.05, 4.69) is 12.2 Å². The quantitative estimate of drug-likeness (QED) is 0.802. The van der Waals surface area contributed by atoms with Crippen LogP contribution in [0.5, 0.6) is 0 Å². The van der Waals surface area contributed by atoms with Crippen molar-refractivity contribution in [3.05, 3.63) is 0 Å². The van der Waals surface area contributed by atoms with E-state index in [1.54, 1.807) is 7.11 Å². The van der Waals surface area contributed by atoms with E-state index >= 15 is 0 Å². The SMILES string of the molecule is COC1CCCC1NC(=O)N1CCCC(C)C1. The van der Waals surface area contributed by atoms with Gasteiger partial charge in [-0.15, -0.1) is 0 Å². The third kappa shape index (κ3) is 3.12. The molecule has 4 heteroatoms. The molecule has 0 aromatic carbocycles. The molecule has 3 atom stereocenters. The lowest BCUT2D eigenvalue weighted by Crippen LogP contribution is -2.50. The first-order valence-electron chi connectivity index (χ1n) is 6.79. The number of carbonyl (C=O) groups excluding carboxylic acids is 1. The molecule has 2 amide bonds. The summed E-state index contributed by atoms with van der Waals surface area (Å²) in [5.74, 6) is 0.635. The van der Waals surface area contributed by atoms with Crippen LogP contribution < -0.4 is 5.32 Å². The molecule has 2 rings (SSSR count). The zero-order valence-corrected chi connectivity index (χ0v) is 10.9. The van der Waals surface area contributed by atoms with E-state index in [1.165, 1.54) is 6.42 Å². The molecule has 0 spiro atoms. The Hall–Kier alpha value is -0.770. The number of hydrogen-bond donors (Lipinski definition) is 1. The summed E-state index contributed by atoms with van der Waals surface area (Å²) in [6.07, 6.45) is 5.85. The predicted octanol–water partition coefficient (Wildman–Crippen LogP) is 2.00. The number of likely N-dealkylation sites (tertiary alicyclic amines) is 1. The highest BCUT2D eigenvalue weighted by atomic mass is 16.5. The monoisotopic (exact) mass is 240 g/mol. The van der Waals surface area contributed by atoms with Crippen molar-refractivity contribution in [2.75, 3.05) is 20.2 Å². The number of ether oxygens (including phenoxy) is 1. The maximum atomic E-state index is 12.1. The first-order chi connectivity index (χ1) is 8.20. The summed E-state index contributed by atoms with van der Waals surface area (Å²) in [5, 5.41) is 3.13. The molecule has 1 saturated carbocycles. The third-order valence-electron chi connectivity index (χ3n) is 4.01. The van der Waals surface area contributed by atoms with E-state index in [4.69, 9.17) is 4.74 Å². The van der Waals surface area contributed by atoms with Crippen molar-refractivity contribution in [3.8, 4) is 0 Å². The van der Waals surface area contributed by atoms with E-state index < -0.39 is 0 Å². The van der Waals surface area contributed by atoms with Crippen molar-refractivity contribution >= 4 is 6.03 Å². The van der Waals surface area contributed by atoms with Crippen molar-refractivity contribution < 1.29 is 9.53 Å². The fourth-order valence-electron chi connectivity index (χ4n) is 3.00. The summed E-state index contributed by atoms with van der Waals surface area (Å²) < 4.78 is 5.40. The second-order valence-corrected chi connectivity index (χ2v) is 5.45. The van der Waals surface area contributed by atoms with E-state index in [1.807, 2.05) is 4.90 Å². The van der Waals surface area contributed by atoms with Crippen LogP contribution in [-0.2, 0) is 4.74 Å². The molecule has 2 aliphatic rings. The molecule has 1 aliphatic heterocycles. The van der Waals surface area contributed by atoms with Crippen LogP contribution in [0.3, 0.4) is 0 Å². The summed E-state index contributed by atoms with van der Waals surface area (Å²) in [5.41, 5.74) is 0. The highest BCUT2D eigenvalue weighted by molar-refractivity contribution is 5.74. The van der Waals surface area contributed by atoms with E-state index in [9.17, 15) is 4.79 Å². The molecular weight excluding hydrogens is 216 g/mol. The lowest BCUT2D eigenvalue weighted by atomic mass is 10.0. The average molecular weight is 240 g/mol. The first kappa shape index (κ1) is 12.7. The zero-order valence-electron chi connectivity index (χ0n) is 10.9. The van der Waals surface area contributed by atoms with Crippen LogP contribution in [0.2, 0.25) is 0 Å². The predicted molar refractivity (Wildman–Crippen MR) is 66.9 cm³/mol. The molecule has 0 radical (unpaired) electrons. The van der Waals surface area contributed by atoms with Gasteiger partial charge in [0.25, 0.3) is 0 Å². The van der Waals surface area contributed by atoms with Crippen LogP contribution in [0.15, 0.2) is 0 Å². The van der Waals surface area contributed by atoms with Crippen LogP contribution in [0, 0.1) is 5.92 Å². The van der Waals surface area contributed by atoms with Gasteiger partial charge in [-0.1, -0.05) is 6.92 Å². The van der Waals surface area contributed by atoms with Crippen molar-refractivity contribution in [1.82, 2.24) is 10.2 Å². The number of urea groups is 1. The van der Waals surface area contributed by atoms with Crippen molar-refractivity contribution in [2.45, 2.75) is 51.2 Å². The first-order valence-corrected chi connectivity index (χ1v) is 6.79. The minimum absolute atomic E-state index is 0.102. The standard InChI is InChI=1S/C13H24N2O2/c1-10-5-4-8-15(9-10)13(16)14-11-6-3-7-12(11)17-2/h10-12H,3-9H2,1-2H3,(H,14,16). The van der Waals surface area contributed by atoms with Gasteiger partial charge in [0.05, 0.1) is 12.1 Å². The Labute approximate surface area is 104 Å². The highest BCUT2D eigenvalue weighted by Gasteiger charge is 2.30. The van der Waals surface area contributed by atoms with Crippen LogP contribution in [0.25, 0.3) is 0 Å². The van der Waals surface area contributed by atoms with Gasteiger partial charge in [-0.2, -0.15) is 0 Å². The molecular formula is C13H24N2O2. The Morgan fingerprint density at radius 1 is 1.29 bits per heavy atom. The minimum Gasteiger partial charge on any atom is -0.379 e. The molecule has 3 unspecified atom stereocenters. The molecule has 98 valence electrons. The normalized spacial score (nSPS) is 33.8. The van der Waals surface area contributed by atoms with Crippen molar-refractivity contribution in [2.24, 2.45) is 5.92 Å². The molecule has 2 fully saturated rings. The minimum atomic E-state index is 0.102. The second kappa shape index (κ2) is 5.71. The number of methoxy groups -OCH3 is 1. The Morgan fingerprint density at radius 2 is 2.12 bits per heavy atom. The summed E-state index contributed by atoms with van der Waals surface area (Å²) >= 11 is 0. The molecule has 1 N–H and O–H groups in total. The van der Waals surface area contributed by atoms with Gasteiger partial charge in [0.1, 0.15) is 0 Å². The fourth-order valence-corrected chi connectivity index (χ4v) is 3.00. The lowest BCUT2D eigenvalue weighted by Gasteiger charge is -2.32. The van der Waals surface area contributed by atoms with Gasteiger partial charge in [-0.05, 0) is 38.0 Å². The topological polar surface area (TPSA) is 41.6 Å². The Balaban J connectivity index is 1.83. The second-order valence-electron chi connectivity index (χ2n) is 5.45. The number of rotatable bonds is 2. The van der Waals surface area contributed by atoms with Gasteiger partial charge in [-0.3, -0.25) is 0 Å². The van der Waals surface area contributed by atoms with Gasteiger partial charge in [0.2, 0.25) is 0 Å². The number of nitrogens with zero attached hydrogens (tertiary/aromatic N) is 1. The molecule has 1 saturated heterocycles. The van der Waals surface area contributed by atoms with E-state index in [0.29, 0.717) is 5.92 Å².